The molecule has 8 heteroatoms. The van der Waals surface area contributed by atoms with Gasteiger partial charge in [0.25, 0.3) is 5.69 Å². The summed E-state index contributed by atoms with van der Waals surface area (Å²) in [6.07, 6.45) is 1.91. The normalized spacial score (nSPS) is 10.6. The summed E-state index contributed by atoms with van der Waals surface area (Å²) >= 11 is 0. The van der Waals surface area contributed by atoms with E-state index in [-0.39, 0.29) is 5.69 Å². The first-order valence-electron chi connectivity index (χ1n) is 8.89. The topological polar surface area (TPSA) is 110 Å². The van der Waals surface area contributed by atoms with Crippen LogP contribution >= 0.6 is 0 Å². The molecule has 0 atom stereocenters. The lowest BCUT2D eigenvalue weighted by atomic mass is 10.1. The zero-order chi connectivity index (χ0) is 20.4. The van der Waals surface area contributed by atoms with Crippen LogP contribution in [0, 0.1) is 28.4 Å². The van der Waals surface area contributed by atoms with E-state index in [1.54, 1.807) is 12.1 Å². The molecule has 4 rings (SSSR count). The largest absolute Gasteiger partial charge is 0.366 e. The highest BCUT2D eigenvalue weighted by Crippen LogP contribution is 2.25. The van der Waals surface area contributed by atoms with Crippen molar-refractivity contribution in [1.82, 2.24) is 14.8 Å². The first-order valence-corrected chi connectivity index (χ1v) is 8.89. The van der Waals surface area contributed by atoms with Crippen molar-refractivity contribution in [2.75, 3.05) is 5.32 Å². The van der Waals surface area contributed by atoms with Gasteiger partial charge in [0.2, 0.25) is 0 Å². The van der Waals surface area contributed by atoms with Gasteiger partial charge in [-0.1, -0.05) is 18.2 Å². The molecule has 0 saturated carbocycles. The summed E-state index contributed by atoms with van der Waals surface area (Å²) in [6.45, 7) is 2.41. The van der Waals surface area contributed by atoms with Crippen molar-refractivity contribution in [3.63, 3.8) is 0 Å². The lowest BCUT2D eigenvalue weighted by Crippen LogP contribution is -2.07. The molecule has 0 radical (unpaired) electrons. The lowest BCUT2D eigenvalue weighted by Gasteiger charge is -2.12. The number of aryl methyl sites for hydroxylation is 1. The Morgan fingerprint density at radius 3 is 2.76 bits per heavy atom. The highest BCUT2D eigenvalue weighted by molar-refractivity contribution is 5.88. The van der Waals surface area contributed by atoms with E-state index >= 15 is 0 Å². The van der Waals surface area contributed by atoms with Gasteiger partial charge in [0.05, 0.1) is 33.5 Å². The Balaban J connectivity index is 1.65. The average molecular weight is 384 g/mol. The average Bonchev–Trinajstić information content (AvgIpc) is 3.17. The number of hydrogen-bond donors (Lipinski definition) is 1. The molecule has 2 aromatic carbocycles. The Bertz CT molecular complexity index is 1270. The van der Waals surface area contributed by atoms with Gasteiger partial charge in [-0.15, -0.1) is 0 Å². The van der Waals surface area contributed by atoms with Gasteiger partial charge >= 0.3 is 0 Å². The van der Waals surface area contributed by atoms with Crippen molar-refractivity contribution in [1.29, 1.82) is 5.26 Å². The molecule has 0 saturated heterocycles. The maximum absolute atomic E-state index is 11.0. The number of nitrogens with one attached hydrogen (secondary N) is 1. The minimum atomic E-state index is -0.485. The van der Waals surface area contributed by atoms with Gasteiger partial charge in [0.1, 0.15) is 5.82 Å². The Hall–Kier alpha value is -4.25. The van der Waals surface area contributed by atoms with Crippen LogP contribution in [0.2, 0.25) is 0 Å². The predicted octanol–water partition coefficient (Wildman–Crippen LogP) is 4.12. The second kappa shape index (κ2) is 7.40. The number of benzene rings is 2. The van der Waals surface area contributed by atoms with Crippen LogP contribution in [-0.2, 0) is 6.54 Å². The molecular formula is C21H16N6O2. The number of para-hydroxylation sites is 1. The molecule has 4 aromatic rings. The Kier molecular flexibility index (Phi) is 4.63. The molecule has 1 N–H and O–H groups in total. The number of aromatic nitrogens is 3. The van der Waals surface area contributed by atoms with Crippen LogP contribution in [0.3, 0.4) is 0 Å². The van der Waals surface area contributed by atoms with E-state index < -0.39 is 4.92 Å². The van der Waals surface area contributed by atoms with Gasteiger partial charge < -0.3 is 5.32 Å². The van der Waals surface area contributed by atoms with Crippen molar-refractivity contribution in [2.45, 2.75) is 13.5 Å². The van der Waals surface area contributed by atoms with E-state index in [1.165, 1.54) is 12.1 Å². The molecule has 2 heterocycles. The summed E-state index contributed by atoms with van der Waals surface area (Å²) in [7, 11) is 0. The van der Waals surface area contributed by atoms with Crippen LogP contribution in [0.4, 0.5) is 11.5 Å². The maximum atomic E-state index is 11.0. The van der Waals surface area contributed by atoms with E-state index in [1.807, 2.05) is 48.1 Å². The van der Waals surface area contributed by atoms with Gasteiger partial charge in [0.15, 0.2) is 0 Å². The number of non-ortho nitro benzene ring substituents is 1. The van der Waals surface area contributed by atoms with E-state index in [0.717, 1.165) is 16.9 Å². The molecule has 0 aliphatic carbocycles. The van der Waals surface area contributed by atoms with Crippen LogP contribution in [0.15, 0.2) is 60.8 Å². The fraction of sp³-hybridized carbons (Fsp3) is 0.0952. The van der Waals surface area contributed by atoms with Crippen LogP contribution in [0.5, 0.6) is 0 Å². The van der Waals surface area contributed by atoms with Gasteiger partial charge in [0, 0.05) is 30.3 Å². The molecule has 2 aromatic heterocycles. The summed E-state index contributed by atoms with van der Waals surface area (Å²) in [4.78, 5) is 15.0. The number of rotatable bonds is 5. The molecule has 0 aliphatic rings. The zero-order valence-electron chi connectivity index (χ0n) is 15.5. The second-order valence-corrected chi connectivity index (χ2v) is 6.51. The Labute approximate surface area is 166 Å². The summed E-state index contributed by atoms with van der Waals surface area (Å²) in [5.41, 5.74) is 3.67. The highest BCUT2D eigenvalue weighted by atomic mass is 16.6. The van der Waals surface area contributed by atoms with Gasteiger partial charge in [-0.05, 0) is 36.8 Å². The van der Waals surface area contributed by atoms with E-state index in [4.69, 9.17) is 0 Å². The molecule has 0 amide bonds. The number of nitrogens with zero attached hydrogens (tertiary/aromatic N) is 5. The van der Waals surface area contributed by atoms with Crippen molar-refractivity contribution in [2.24, 2.45) is 0 Å². The van der Waals surface area contributed by atoms with Crippen LogP contribution in [-0.4, -0.2) is 19.7 Å². The third-order valence-corrected chi connectivity index (χ3v) is 4.54. The van der Waals surface area contributed by atoms with E-state index in [9.17, 15) is 15.4 Å². The van der Waals surface area contributed by atoms with Crippen LogP contribution < -0.4 is 5.32 Å². The monoisotopic (exact) mass is 384 g/mol. The first kappa shape index (κ1) is 18.1. The minimum absolute atomic E-state index is 0.0695. The fourth-order valence-corrected chi connectivity index (χ4v) is 3.13. The Morgan fingerprint density at radius 2 is 2.03 bits per heavy atom. The predicted molar refractivity (Wildman–Crippen MR) is 109 cm³/mol. The molecule has 0 fully saturated rings. The molecule has 8 nitrogen and oxygen atoms in total. The Morgan fingerprint density at radius 1 is 1.21 bits per heavy atom. The number of nitriles is 1. The highest BCUT2D eigenvalue weighted by Gasteiger charge is 2.12. The number of fused-ring (bicyclic) bond motifs is 1. The smallest absolute Gasteiger partial charge is 0.270 e. The van der Waals surface area contributed by atoms with E-state index in [2.05, 4.69) is 21.5 Å². The van der Waals surface area contributed by atoms with E-state index in [0.29, 0.717) is 28.8 Å². The quantitative estimate of drug-likeness (QED) is 0.409. The summed E-state index contributed by atoms with van der Waals surface area (Å²) in [6, 6.07) is 17.8. The van der Waals surface area contributed by atoms with Gasteiger partial charge in [-0.2, -0.15) is 10.4 Å². The van der Waals surface area contributed by atoms with Crippen LogP contribution in [0.1, 0.15) is 16.8 Å². The molecule has 0 unspecified atom stereocenters. The first-order chi connectivity index (χ1) is 14.0. The number of pyridine rings is 1. The van der Waals surface area contributed by atoms with Gasteiger partial charge in [-0.3, -0.25) is 10.1 Å². The molecule has 0 bridgehead atoms. The number of nitro groups is 1. The minimum Gasteiger partial charge on any atom is -0.366 e. The molecule has 0 aliphatic heterocycles. The van der Waals surface area contributed by atoms with Gasteiger partial charge in [-0.25, -0.2) is 9.67 Å². The second-order valence-electron chi connectivity index (χ2n) is 6.51. The van der Waals surface area contributed by atoms with Crippen molar-refractivity contribution < 1.29 is 4.92 Å². The standard InChI is InChI=1S/C21H16N6O2/c1-14-8-9-26(25-14)20-5-3-2-4-15(20)13-23-21-10-16(12-22)18-11-17(27(28)29)6-7-19(18)24-21/h2-11H,13H2,1H3,(H,23,24). The number of hydrogen-bond acceptors (Lipinski definition) is 6. The SMILES string of the molecule is Cc1ccn(-c2ccccc2CNc2cc(C#N)c3cc([N+](=O)[O-])ccc3n2)n1. The molecular weight excluding hydrogens is 368 g/mol. The van der Waals surface area contributed by atoms with Crippen molar-refractivity contribution in [3.8, 4) is 11.8 Å². The molecule has 0 spiro atoms. The summed E-state index contributed by atoms with van der Waals surface area (Å²) < 4.78 is 1.82. The summed E-state index contributed by atoms with van der Waals surface area (Å²) in [5, 5.41) is 28.7. The number of anilines is 1. The summed E-state index contributed by atoms with van der Waals surface area (Å²) in [5.74, 6) is 0.523. The maximum Gasteiger partial charge on any atom is 0.270 e. The number of nitro benzene ring substituents is 1. The third kappa shape index (κ3) is 3.61. The van der Waals surface area contributed by atoms with Crippen molar-refractivity contribution >= 4 is 22.4 Å². The van der Waals surface area contributed by atoms with Crippen LogP contribution in [0.25, 0.3) is 16.6 Å². The molecule has 142 valence electrons. The fourth-order valence-electron chi connectivity index (χ4n) is 3.13. The lowest BCUT2D eigenvalue weighted by molar-refractivity contribution is -0.384. The van der Waals surface area contributed by atoms with Crippen molar-refractivity contribution in [3.05, 3.63) is 87.7 Å². The molecule has 29 heavy (non-hydrogen) atoms. The zero-order valence-corrected chi connectivity index (χ0v) is 15.5. The third-order valence-electron chi connectivity index (χ3n) is 4.54.